The van der Waals surface area contributed by atoms with Crippen LogP contribution in [-0.2, 0) is 39.0 Å². The van der Waals surface area contributed by atoms with E-state index in [9.17, 15) is 0 Å². The van der Waals surface area contributed by atoms with Gasteiger partial charge in [-0.25, -0.2) is 17.9 Å². The zero-order valence-electron chi connectivity index (χ0n) is 68.0. The van der Waals surface area contributed by atoms with E-state index in [4.69, 9.17) is 20.1 Å². The first-order chi connectivity index (χ1) is 53.4. The molecule has 0 spiro atoms. The van der Waals surface area contributed by atoms with Crippen molar-refractivity contribution in [1.29, 1.82) is 0 Å². The molecular weight excluding hydrogens is 1380 g/mol. The molecule has 0 unspecified atom stereocenters. The van der Waals surface area contributed by atoms with Gasteiger partial charge in [0.1, 0.15) is 26.5 Å². The molecule has 18 aromatic rings. The lowest BCUT2D eigenvalue weighted by Gasteiger charge is -2.23. The minimum absolute atomic E-state index is 0.0288. The molecule has 0 aliphatic rings. The Morgan fingerprint density at radius 2 is 0.589 bits per heavy atom. The highest BCUT2D eigenvalue weighted by Gasteiger charge is 2.31. The fourth-order valence-electron chi connectivity index (χ4n) is 16.4. The third kappa shape index (κ3) is 13.8. The summed E-state index contributed by atoms with van der Waals surface area (Å²) in [6, 6.07) is 70.8. The summed E-state index contributed by atoms with van der Waals surface area (Å²) in [4.78, 5) is 19.8. The molecule has 0 amide bonds. The molecule has 0 saturated carbocycles. The van der Waals surface area contributed by atoms with Crippen molar-refractivity contribution in [2.24, 2.45) is 28.2 Å². The lowest BCUT2D eigenvalue weighted by molar-refractivity contribution is -0.720. The predicted octanol–water partition coefficient (Wildman–Crippen LogP) is 22.6. The maximum absolute atomic E-state index is 15.4. The van der Waals surface area contributed by atoms with Crippen LogP contribution in [0.15, 0.2) is 219 Å². The first kappa shape index (κ1) is 75.1. The van der Waals surface area contributed by atoms with Crippen molar-refractivity contribution in [2.75, 3.05) is 0 Å². The molecule has 556 valence electrons. The van der Waals surface area contributed by atoms with Crippen LogP contribution in [0.1, 0.15) is 108 Å². The van der Waals surface area contributed by atoms with Gasteiger partial charge < -0.3 is 0 Å². The number of hydrogen-bond donors (Lipinski definition) is 0. The van der Waals surface area contributed by atoms with Crippen LogP contribution in [0.3, 0.4) is 0 Å². The van der Waals surface area contributed by atoms with Crippen molar-refractivity contribution < 1.29 is 27.3 Å². The number of hydrogen-bond acceptors (Lipinski definition) is 6. The minimum Gasteiger partial charge on any atom is -0.232 e. The van der Waals surface area contributed by atoms with Crippen LogP contribution < -0.4 is 18.5 Å². The molecule has 0 bridgehead atoms. The quantitative estimate of drug-likeness (QED) is 0.129. The summed E-state index contributed by atoms with van der Waals surface area (Å²) in [6.07, 6.45) is 4.21. The van der Waals surface area contributed by atoms with Crippen LogP contribution in [-0.4, -0.2) is 30.1 Å². The normalized spacial score (nSPS) is 11.8. The predicted molar refractivity (Wildman–Crippen MR) is 459 cm³/mol. The Hall–Kier alpha value is -12.3. The highest BCUT2D eigenvalue weighted by atomic mass is 19.1. The molecule has 10 nitrogen and oxygen atoms in total. The molecule has 0 radical (unpaired) electrons. The van der Waals surface area contributed by atoms with Crippen LogP contribution in [0.2, 0.25) is 0 Å². The monoisotopic (exact) mass is 1470 g/mol. The van der Waals surface area contributed by atoms with Crippen molar-refractivity contribution in [3.05, 3.63) is 297 Å². The van der Waals surface area contributed by atoms with E-state index >= 15 is 8.78 Å². The summed E-state index contributed by atoms with van der Waals surface area (Å²) < 4.78 is 38.3. The number of halogens is 2. The Kier molecular flexibility index (Phi) is 19.6. The SMILES string of the molecule is Cc1c(-c2nc3c(C)c4ccccc4cc3c[n+]2C)cc(C(C)(C)C)c2ccccc12.Cc1c(-c2nc3c(F)c4ccccc4cc3c[n+]2C)cc(C(C)(C)C)c2ccccc12.Cc1cc(C)c(C)c(-c2nc3c(C)c4ccccc4cc3n[n+]2C)c1.Cc1cc(C)c(C)c(-c2nc3c(F)c4ccccc4cc3n[n+]2C)c1. The van der Waals surface area contributed by atoms with Crippen molar-refractivity contribution in [1.82, 2.24) is 30.1 Å². The minimum atomic E-state index is -0.315. The number of aromatic nitrogens is 10. The number of aryl methyl sites for hydroxylation is 12. The fourth-order valence-corrected chi connectivity index (χ4v) is 16.4. The molecule has 0 aliphatic carbocycles. The fraction of sp³-hybridized carbons (Fsp3) is 0.220. The molecule has 0 saturated heterocycles. The molecule has 0 atom stereocenters. The molecule has 0 aliphatic heterocycles. The summed E-state index contributed by atoms with van der Waals surface area (Å²) in [5.74, 6) is 2.80. The van der Waals surface area contributed by atoms with E-state index in [0.29, 0.717) is 33.1 Å². The summed E-state index contributed by atoms with van der Waals surface area (Å²) >= 11 is 0. The van der Waals surface area contributed by atoms with Crippen molar-refractivity contribution in [3.8, 4) is 45.6 Å². The molecular formula is C100H96F2N10+4. The van der Waals surface area contributed by atoms with Gasteiger partial charge in [-0.2, -0.15) is 0 Å². The van der Waals surface area contributed by atoms with Crippen molar-refractivity contribution in [3.63, 3.8) is 0 Å². The van der Waals surface area contributed by atoms with E-state index in [1.54, 1.807) is 10.7 Å². The number of fused-ring (bicyclic) bond motifs is 10. The second kappa shape index (κ2) is 29.2. The zero-order chi connectivity index (χ0) is 79.3. The van der Waals surface area contributed by atoms with Gasteiger partial charge in [0.15, 0.2) is 28.2 Å². The first-order valence-corrected chi connectivity index (χ1v) is 38.5. The maximum Gasteiger partial charge on any atom is 0.351 e. The maximum atomic E-state index is 15.4. The number of benzene rings is 14. The van der Waals surface area contributed by atoms with Gasteiger partial charge in [-0.3, -0.25) is 0 Å². The second-order valence-corrected chi connectivity index (χ2v) is 32.6. The third-order valence-corrected chi connectivity index (χ3v) is 22.7. The highest BCUT2D eigenvalue weighted by molar-refractivity contribution is 6.03. The second-order valence-electron chi connectivity index (χ2n) is 32.6. The molecule has 4 aromatic heterocycles. The van der Waals surface area contributed by atoms with Gasteiger partial charge in [0, 0.05) is 21.9 Å². The van der Waals surface area contributed by atoms with Crippen LogP contribution in [0.25, 0.3) is 154 Å². The van der Waals surface area contributed by atoms with E-state index in [1.807, 2.05) is 91.2 Å². The largest absolute Gasteiger partial charge is 0.351 e. The lowest BCUT2D eigenvalue weighted by Crippen LogP contribution is -2.37. The zero-order valence-corrected chi connectivity index (χ0v) is 68.0. The molecule has 0 fully saturated rings. The van der Waals surface area contributed by atoms with Gasteiger partial charge in [-0.15, -0.1) is 9.36 Å². The molecule has 14 aromatic carbocycles. The highest BCUT2D eigenvalue weighted by Crippen LogP contribution is 2.41. The topological polar surface area (TPSA) is 92.9 Å². The average molecular weight is 1480 g/mol. The smallest absolute Gasteiger partial charge is 0.232 e. The number of rotatable bonds is 4. The number of nitrogens with zero attached hydrogens (tertiary/aromatic N) is 10. The molecule has 18 rings (SSSR count). The lowest BCUT2D eigenvalue weighted by atomic mass is 9.81. The van der Waals surface area contributed by atoms with Crippen LogP contribution in [0, 0.1) is 80.9 Å². The summed E-state index contributed by atoms with van der Waals surface area (Å²) in [6.45, 7) is 34.9. The van der Waals surface area contributed by atoms with Gasteiger partial charge in [-0.1, -0.05) is 209 Å². The standard InChI is InChI=1S/C29H29N2.C28H26FN2.C22H22N3.C21H19FN3/c1-18-23-13-9-10-14-24(23)26(29(3,4)5)16-25(18)28-30-27-19(2)22-12-8-7-11-20(22)15-21(27)17-31(28)6;1-17-20-11-8-9-13-22(20)24(28(2,3)4)15-23(17)27-30-26-19(16-31(27)5)14-18-10-6-7-12-21(18)25(26)29;1-13-10-14(2)15(3)19(11-13)22-23-21-16(4)18-9-7-6-8-17(18)12-20(21)24-25(22)5;1-12-9-13(2)14(3)17(10-12)21-23-20-18(24-25(21)4)11-15-7-5-6-8-16(15)19(20)22/h7-17H,1-6H3;6-16H,1-5H3;6-12H,1-5H3;5-11H,1-4H3/q4*+1. The Balaban J connectivity index is 0.000000119. The average Bonchev–Trinajstić information content (AvgIpc) is 0.784. The first-order valence-electron chi connectivity index (χ1n) is 38.5. The van der Waals surface area contributed by atoms with Gasteiger partial charge in [-0.05, 0) is 258 Å². The van der Waals surface area contributed by atoms with Gasteiger partial charge in [0.25, 0.3) is 0 Å². The Bertz CT molecular complexity index is 6510. The third-order valence-electron chi connectivity index (χ3n) is 22.7. The molecule has 12 heteroatoms. The molecule has 4 heterocycles. The molecule has 112 heavy (non-hydrogen) atoms. The Labute approximate surface area is 654 Å². The van der Waals surface area contributed by atoms with E-state index in [-0.39, 0.29) is 22.5 Å². The van der Waals surface area contributed by atoms with Gasteiger partial charge in [0.05, 0.1) is 47.1 Å². The van der Waals surface area contributed by atoms with Gasteiger partial charge in [0.2, 0.25) is 16.6 Å². The van der Waals surface area contributed by atoms with E-state index < -0.39 is 0 Å². The van der Waals surface area contributed by atoms with Crippen LogP contribution >= 0.6 is 0 Å². The molecule has 0 N–H and O–H groups in total. The summed E-state index contributed by atoms with van der Waals surface area (Å²) in [5, 5.41) is 24.4. The van der Waals surface area contributed by atoms with Crippen molar-refractivity contribution in [2.45, 2.75) is 122 Å². The van der Waals surface area contributed by atoms with Crippen molar-refractivity contribution >= 4 is 109 Å². The van der Waals surface area contributed by atoms with Crippen LogP contribution in [0.4, 0.5) is 8.78 Å². The van der Waals surface area contributed by atoms with E-state index in [1.165, 1.54) is 104 Å². The van der Waals surface area contributed by atoms with Crippen LogP contribution in [0.5, 0.6) is 0 Å². The van der Waals surface area contributed by atoms with E-state index in [2.05, 4.69) is 284 Å². The summed E-state index contributed by atoms with van der Waals surface area (Å²) in [5.41, 5.74) is 23.4. The Morgan fingerprint density at radius 1 is 0.277 bits per heavy atom. The summed E-state index contributed by atoms with van der Waals surface area (Å²) in [7, 11) is 7.92. The van der Waals surface area contributed by atoms with Gasteiger partial charge >= 0.3 is 23.3 Å². The Morgan fingerprint density at radius 3 is 1.03 bits per heavy atom. The van der Waals surface area contributed by atoms with E-state index in [0.717, 1.165) is 83.6 Å².